The summed E-state index contributed by atoms with van der Waals surface area (Å²) in [6.45, 7) is 2.17. The third-order valence-electron chi connectivity index (χ3n) is 2.97. The van der Waals surface area contributed by atoms with Gasteiger partial charge in [-0.1, -0.05) is 0 Å². The van der Waals surface area contributed by atoms with Crippen molar-refractivity contribution in [3.8, 4) is 0 Å². The second-order valence-electron chi connectivity index (χ2n) is 4.62. The molecular weight excluding hydrogens is 254 g/mol. The van der Waals surface area contributed by atoms with Crippen LogP contribution in [0.15, 0.2) is 21.6 Å². The molecule has 6 nitrogen and oxygen atoms in total. The van der Waals surface area contributed by atoms with E-state index < -0.39 is 10.0 Å². The second-order valence-corrected chi connectivity index (χ2v) is 6.27. The molecule has 2 rings (SSSR count). The van der Waals surface area contributed by atoms with Gasteiger partial charge in [0.25, 0.3) is 10.0 Å². The molecule has 1 atom stereocenters. The predicted octanol–water partition coefficient (Wildman–Crippen LogP) is -0.0186. The molecule has 1 aliphatic heterocycles. The first-order chi connectivity index (χ1) is 8.51. The summed E-state index contributed by atoms with van der Waals surface area (Å²) >= 11 is 0. The first-order valence-corrected chi connectivity index (χ1v) is 7.44. The van der Waals surface area contributed by atoms with Crippen molar-refractivity contribution >= 4 is 10.0 Å². The standard InChI is InChI=1S/C11H19N3O3S/c1-12-7-10-3-4-11(17-10)18(15,16)13-9-5-6-14(2)8-9/h3-4,9,12-13H,5-8H2,1-2H3. The van der Waals surface area contributed by atoms with Gasteiger partial charge in [-0.25, -0.2) is 13.1 Å². The molecule has 0 radical (unpaired) electrons. The lowest BCUT2D eigenvalue weighted by Gasteiger charge is -2.11. The maximum atomic E-state index is 12.1. The number of hydrogen-bond acceptors (Lipinski definition) is 5. The number of rotatable bonds is 5. The van der Waals surface area contributed by atoms with Crippen molar-refractivity contribution in [1.29, 1.82) is 0 Å². The Morgan fingerprint density at radius 2 is 2.28 bits per heavy atom. The van der Waals surface area contributed by atoms with E-state index in [-0.39, 0.29) is 11.1 Å². The van der Waals surface area contributed by atoms with Crippen molar-refractivity contribution in [1.82, 2.24) is 14.9 Å². The van der Waals surface area contributed by atoms with E-state index in [0.717, 1.165) is 19.5 Å². The first-order valence-electron chi connectivity index (χ1n) is 5.95. The van der Waals surface area contributed by atoms with Gasteiger partial charge in [0.2, 0.25) is 5.09 Å². The highest BCUT2D eigenvalue weighted by atomic mass is 32.2. The molecule has 0 saturated carbocycles. The van der Waals surface area contributed by atoms with Crippen molar-refractivity contribution in [3.05, 3.63) is 17.9 Å². The highest BCUT2D eigenvalue weighted by Crippen LogP contribution is 2.16. The number of sulfonamides is 1. The SMILES string of the molecule is CNCc1ccc(S(=O)(=O)NC2CCN(C)C2)o1. The average molecular weight is 273 g/mol. The maximum Gasteiger partial charge on any atom is 0.274 e. The molecule has 1 aliphatic rings. The van der Waals surface area contributed by atoms with Crippen LogP contribution in [0.5, 0.6) is 0 Å². The fourth-order valence-electron chi connectivity index (χ4n) is 2.08. The van der Waals surface area contributed by atoms with E-state index in [2.05, 4.69) is 14.9 Å². The Labute approximate surface area is 107 Å². The summed E-state index contributed by atoms with van der Waals surface area (Å²) in [5, 5.41) is 2.90. The Hall–Kier alpha value is -0.890. The van der Waals surface area contributed by atoms with E-state index in [1.54, 1.807) is 13.1 Å². The van der Waals surface area contributed by atoms with Gasteiger partial charge in [-0.15, -0.1) is 0 Å². The van der Waals surface area contributed by atoms with Crippen molar-refractivity contribution in [2.24, 2.45) is 0 Å². The highest BCUT2D eigenvalue weighted by Gasteiger charge is 2.27. The summed E-state index contributed by atoms with van der Waals surface area (Å²) in [6, 6.07) is 3.14. The van der Waals surface area contributed by atoms with Gasteiger partial charge in [0.1, 0.15) is 5.76 Å². The molecule has 1 aromatic heterocycles. The quantitative estimate of drug-likeness (QED) is 0.789. The van der Waals surface area contributed by atoms with Gasteiger partial charge in [0.15, 0.2) is 0 Å². The smallest absolute Gasteiger partial charge is 0.274 e. The van der Waals surface area contributed by atoms with Crippen molar-refractivity contribution in [3.63, 3.8) is 0 Å². The lowest BCUT2D eigenvalue weighted by Crippen LogP contribution is -2.36. The summed E-state index contributed by atoms with van der Waals surface area (Å²) in [5.74, 6) is 0.612. The molecule has 1 fully saturated rings. The minimum atomic E-state index is -3.54. The van der Waals surface area contributed by atoms with E-state index in [4.69, 9.17) is 4.42 Å². The normalized spacial score (nSPS) is 21.6. The number of likely N-dealkylation sites (tertiary alicyclic amines) is 1. The van der Waals surface area contributed by atoms with Crippen LogP contribution in [0.4, 0.5) is 0 Å². The summed E-state index contributed by atoms with van der Waals surface area (Å²) in [7, 11) is 0.224. The minimum absolute atomic E-state index is 0.0118. The zero-order valence-electron chi connectivity index (χ0n) is 10.6. The van der Waals surface area contributed by atoms with Crippen LogP contribution in [0.1, 0.15) is 12.2 Å². The molecule has 2 N–H and O–H groups in total. The third-order valence-corrected chi connectivity index (χ3v) is 4.36. The Morgan fingerprint density at radius 1 is 1.50 bits per heavy atom. The summed E-state index contributed by atoms with van der Waals surface area (Å²) in [4.78, 5) is 2.10. The van der Waals surface area contributed by atoms with Gasteiger partial charge in [0.05, 0.1) is 6.54 Å². The number of furan rings is 1. The van der Waals surface area contributed by atoms with Crippen LogP contribution in [0.25, 0.3) is 0 Å². The fourth-order valence-corrected chi connectivity index (χ4v) is 3.29. The summed E-state index contributed by atoms with van der Waals surface area (Å²) in [6.07, 6.45) is 0.833. The van der Waals surface area contributed by atoms with Gasteiger partial charge in [-0.3, -0.25) is 0 Å². The van der Waals surface area contributed by atoms with Crippen molar-refractivity contribution in [2.75, 3.05) is 27.2 Å². The average Bonchev–Trinajstić information content (AvgIpc) is 2.88. The summed E-state index contributed by atoms with van der Waals surface area (Å²) in [5.41, 5.74) is 0. The molecule has 0 aliphatic carbocycles. The minimum Gasteiger partial charge on any atom is -0.447 e. The number of nitrogens with one attached hydrogen (secondary N) is 2. The van der Waals surface area contributed by atoms with Crippen LogP contribution < -0.4 is 10.0 Å². The van der Waals surface area contributed by atoms with Crippen LogP contribution in [0.2, 0.25) is 0 Å². The molecule has 18 heavy (non-hydrogen) atoms. The van der Waals surface area contributed by atoms with Crippen LogP contribution >= 0.6 is 0 Å². The van der Waals surface area contributed by atoms with Crippen LogP contribution in [0, 0.1) is 0 Å². The van der Waals surface area contributed by atoms with Crippen molar-refractivity contribution < 1.29 is 12.8 Å². The van der Waals surface area contributed by atoms with E-state index in [1.807, 2.05) is 7.05 Å². The Kier molecular flexibility index (Phi) is 4.06. The van der Waals surface area contributed by atoms with Gasteiger partial charge in [0, 0.05) is 12.6 Å². The van der Waals surface area contributed by atoms with Gasteiger partial charge >= 0.3 is 0 Å². The third kappa shape index (κ3) is 3.11. The molecule has 0 spiro atoms. The molecular formula is C11H19N3O3S. The van der Waals surface area contributed by atoms with Crippen molar-refractivity contribution in [2.45, 2.75) is 24.1 Å². The molecule has 1 aromatic rings. The molecule has 102 valence electrons. The zero-order chi connectivity index (χ0) is 13.2. The van der Waals surface area contributed by atoms with E-state index >= 15 is 0 Å². The van der Waals surface area contributed by atoms with E-state index in [9.17, 15) is 8.42 Å². The topological polar surface area (TPSA) is 74.6 Å². The van der Waals surface area contributed by atoms with E-state index in [1.165, 1.54) is 6.07 Å². The monoisotopic (exact) mass is 273 g/mol. The van der Waals surface area contributed by atoms with Crippen LogP contribution in [-0.2, 0) is 16.6 Å². The predicted molar refractivity (Wildman–Crippen MR) is 67.7 cm³/mol. The Balaban J connectivity index is 2.05. The van der Waals surface area contributed by atoms with Gasteiger partial charge in [-0.05, 0) is 39.2 Å². The highest BCUT2D eigenvalue weighted by molar-refractivity contribution is 7.89. The maximum absolute atomic E-state index is 12.1. The Morgan fingerprint density at radius 3 is 2.89 bits per heavy atom. The number of nitrogens with zero attached hydrogens (tertiary/aromatic N) is 1. The number of likely N-dealkylation sites (N-methyl/N-ethyl adjacent to an activating group) is 1. The lowest BCUT2D eigenvalue weighted by atomic mass is 10.3. The lowest BCUT2D eigenvalue weighted by molar-refractivity contribution is 0.395. The molecule has 0 aromatic carbocycles. The molecule has 2 heterocycles. The first kappa shape index (κ1) is 13.5. The second kappa shape index (κ2) is 5.40. The molecule has 1 unspecified atom stereocenters. The molecule has 0 amide bonds. The molecule has 0 bridgehead atoms. The fraction of sp³-hybridized carbons (Fsp3) is 0.636. The van der Waals surface area contributed by atoms with E-state index in [0.29, 0.717) is 12.3 Å². The van der Waals surface area contributed by atoms with Gasteiger partial charge < -0.3 is 14.6 Å². The zero-order valence-corrected chi connectivity index (χ0v) is 11.5. The Bertz CT molecular complexity index is 497. The molecule has 7 heteroatoms. The van der Waals surface area contributed by atoms with Gasteiger partial charge in [-0.2, -0.15) is 0 Å². The summed E-state index contributed by atoms with van der Waals surface area (Å²) < 4.78 is 32.1. The number of hydrogen-bond donors (Lipinski definition) is 2. The van der Waals surface area contributed by atoms with Crippen LogP contribution in [0.3, 0.4) is 0 Å². The molecule has 1 saturated heterocycles. The largest absolute Gasteiger partial charge is 0.447 e. The van der Waals surface area contributed by atoms with Crippen LogP contribution in [-0.4, -0.2) is 46.5 Å².